The largest absolute Gasteiger partial charge is 0.494 e. The number of anilines is 4. The molecule has 2 heterocycles. The minimum absolute atomic E-state index is 0.193. The van der Waals surface area contributed by atoms with E-state index < -0.39 is 0 Å². The first-order valence-electron chi connectivity index (χ1n) is 13.4. The normalized spacial score (nSPS) is 11.5. The first-order valence-corrected chi connectivity index (χ1v) is 13.4. The number of likely N-dealkylation sites (N-methyl/N-ethyl adjacent to an activating group) is 2. The second-order valence-corrected chi connectivity index (χ2v) is 10.4. The summed E-state index contributed by atoms with van der Waals surface area (Å²) in [5.41, 5.74) is 5.12. The van der Waals surface area contributed by atoms with Gasteiger partial charge in [0.2, 0.25) is 11.9 Å². The number of hydrogen-bond acceptors (Lipinski definition) is 7. The summed E-state index contributed by atoms with van der Waals surface area (Å²) in [5, 5.41) is 7.49. The second kappa shape index (κ2) is 12.7. The van der Waals surface area contributed by atoms with Gasteiger partial charge in [-0.2, -0.15) is 0 Å². The quantitative estimate of drug-likeness (QED) is 0.241. The fraction of sp³-hybridized carbons (Fsp3) is 0.323. The standard InChI is InChI=1S/C31H39N7O2/c1-21(2)12-13-30(39)33-25-18-26(29(40-7)19-28(25)37(5)17-16-36(3)4)35-31-32-15-14-24(34-31)23-20-38(6)27-11-9-8-10-22(23)27/h8-15,18-21H,16-17H2,1-7H3,(H,33,39)(H,32,34,35)/b13-12+. The van der Waals surface area contributed by atoms with E-state index in [0.29, 0.717) is 23.1 Å². The number of ether oxygens (including phenoxy) is 1. The van der Waals surface area contributed by atoms with Gasteiger partial charge in [0.1, 0.15) is 5.75 Å². The molecule has 40 heavy (non-hydrogen) atoms. The Hall–Kier alpha value is -4.37. The number of aromatic nitrogens is 3. The van der Waals surface area contributed by atoms with Crippen LogP contribution >= 0.6 is 0 Å². The van der Waals surface area contributed by atoms with Crippen molar-refractivity contribution >= 4 is 39.8 Å². The Morgan fingerprint density at radius 3 is 2.60 bits per heavy atom. The number of hydrogen-bond donors (Lipinski definition) is 2. The zero-order valence-electron chi connectivity index (χ0n) is 24.4. The number of nitrogens with one attached hydrogen (secondary N) is 2. The summed E-state index contributed by atoms with van der Waals surface area (Å²) in [6, 6.07) is 13.9. The Labute approximate surface area is 236 Å². The number of nitrogens with zero attached hydrogens (tertiary/aromatic N) is 5. The summed E-state index contributed by atoms with van der Waals surface area (Å²) in [4.78, 5) is 26.3. The Morgan fingerprint density at radius 2 is 1.88 bits per heavy atom. The Bertz CT molecular complexity index is 1510. The van der Waals surface area contributed by atoms with Gasteiger partial charge in [0.15, 0.2) is 0 Å². The second-order valence-electron chi connectivity index (χ2n) is 10.4. The van der Waals surface area contributed by atoms with Crippen LogP contribution in [0.15, 0.2) is 67.0 Å². The number of benzene rings is 2. The van der Waals surface area contributed by atoms with Gasteiger partial charge in [0.25, 0.3) is 0 Å². The van der Waals surface area contributed by atoms with Crippen molar-refractivity contribution in [2.24, 2.45) is 13.0 Å². The van der Waals surface area contributed by atoms with Crippen LogP contribution in [0.4, 0.5) is 23.0 Å². The van der Waals surface area contributed by atoms with Crippen LogP contribution in [0.3, 0.4) is 0 Å². The molecule has 2 aromatic carbocycles. The molecule has 0 atom stereocenters. The van der Waals surface area contributed by atoms with Crippen molar-refractivity contribution in [3.8, 4) is 17.0 Å². The highest BCUT2D eigenvalue weighted by molar-refractivity contribution is 6.02. The van der Waals surface area contributed by atoms with Crippen LogP contribution in [0, 0.1) is 5.92 Å². The molecule has 0 radical (unpaired) electrons. The Balaban J connectivity index is 1.70. The molecule has 1 amide bonds. The number of aryl methyl sites for hydroxylation is 1. The molecular formula is C31H39N7O2. The van der Waals surface area contributed by atoms with E-state index in [1.54, 1.807) is 19.4 Å². The average molecular weight is 542 g/mol. The third-order valence-corrected chi connectivity index (χ3v) is 6.58. The molecule has 0 aliphatic heterocycles. The van der Waals surface area contributed by atoms with Gasteiger partial charge in [-0.1, -0.05) is 38.1 Å². The molecule has 0 saturated carbocycles. The van der Waals surface area contributed by atoms with Gasteiger partial charge in [-0.15, -0.1) is 0 Å². The zero-order valence-corrected chi connectivity index (χ0v) is 24.4. The number of carbonyl (C=O) groups is 1. The van der Waals surface area contributed by atoms with Crippen LogP contribution in [0.5, 0.6) is 5.75 Å². The zero-order chi connectivity index (χ0) is 28.8. The van der Waals surface area contributed by atoms with E-state index in [9.17, 15) is 4.79 Å². The van der Waals surface area contributed by atoms with Gasteiger partial charge in [0.05, 0.1) is 29.9 Å². The SMILES string of the molecule is COc1cc(N(C)CCN(C)C)c(NC(=O)/C=C/C(C)C)cc1Nc1nccc(-c2cn(C)c3ccccc23)n1. The van der Waals surface area contributed by atoms with E-state index in [1.165, 1.54) is 0 Å². The molecular weight excluding hydrogens is 502 g/mol. The predicted molar refractivity (Wildman–Crippen MR) is 165 cm³/mol. The highest BCUT2D eigenvalue weighted by atomic mass is 16.5. The molecule has 9 heteroatoms. The van der Waals surface area contributed by atoms with Gasteiger partial charge in [-0.05, 0) is 44.3 Å². The minimum atomic E-state index is -0.193. The Kier molecular flexibility index (Phi) is 9.06. The smallest absolute Gasteiger partial charge is 0.248 e. The maximum Gasteiger partial charge on any atom is 0.248 e. The monoisotopic (exact) mass is 541 g/mol. The third-order valence-electron chi connectivity index (χ3n) is 6.58. The number of fused-ring (bicyclic) bond motifs is 1. The van der Waals surface area contributed by atoms with Crippen molar-refractivity contribution in [3.63, 3.8) is 0 Å². The molecule has 0 bridgehead atoms. The topological polar surface area (TPSA) is 87.5 Å². The van der Waals surface area contributed by atoms with Gasteiger partial charge in [0, 0.05) is 62.1 Å². The highest BCUT2D eigenvalue weighted by Gasteiger charge is 2.17. The predicted octanol–water partition coefficient (Wildman–Crippen LogP) is 5.54. The number of methoxy groups -OCH3 is 1. The van der Waals surface area contributed by atoms with Crippen molar-refractivity contribution in [3.05, 3.63) is 67.0 Å². The number of rotatable bonds is 11. The van der Waals surface area contributed by atoms with E-state index in [0.717, 1.165) is 40.9 Å². The minimum Gasteiger partial charge on any atom is -0.494 e. The molecule has 9 nitrogen and oxygen atoms in total. The van der Waals surface area contributed by atoms with Crippen LogP contribution in [-0.4, -0.2) is 66.7 Å². The summed E-state index contributed by atoms with van der Waals surface area (Å²) in [6.07, 6.45) is 7.26. The van der Waals surface area contributed by atoms with E-state index in [4.69, 9.17) is 9.72 Å². The molecule has 0 unspecified atom stereocenters. The lowest BCUT2D eigenvalue weighted by molar-refractivity contribution is -0.111. The van der Waals surface area contributed by atoms with Gasteiger partial charge in [-0.25, -0.2) is 9.97 Å². The number of allylic oxidation sites excluding steroid dienone is 1. The van der Waals surface area contributed by atoms with Gasteiger partial charge >= 0.3 is 0 Å². The molecule has 0 saturated heterocycles. The van der Waals surface area contributed by atoms with Crippen molar-refractivity contribution in [1.29, 1.82) is 0 Å². The summed E-state index contributed by atoms with van der Waals surface area (Å²) < 4.78 is 7.86. The molecule has 2 N–H and O–H groups in total. The lowest BCUT2D eigenvalue weighted by Crippen LogP contribution is -2.29. The van der Waals surface area contributed by atoms with Crippen molar-refractivity contribution < 1.29 is 9.53 Å². The maximum atomic E-state index is 12.8. The van der Waals surface area contributed by atoms with Crippen LogP contribution in [0.1, 0.15) is 13.8 Å². The van der Waals surface area contributed by atoms with Crippen molar-refractivity contribution in [1.82, 2.24) is 19.4 Å². The highest BCUT2D eigenvalue weighted by Crippen LogP contribution is 2.38. The van der Waals surface area contributed by atoms with Crippen molar-refractivity contribution in [2.75, 3.05) is 56.9 Å². The molecule has 0 aliphatic carbocycles. The molecule has 0 fully saturated rings. The van der Waals surface area contributed by atoms with E-state index in [-0.39, 0.29) is 11.8 Å². The lowest BCUT2D eigenvalue weighted by Gasteiger charge is -2.26. The fourth-order valence-electron chi connectivity index (χ4n) is 4.41. The van der Waals surface area contributed by atoms with E-state index in [2.05, 4.69) is 48.3 Å². The lowest BCUT2D eigenvalue weighted by atomic mass is 10.1. The average Bonchev–Trinajstić information content (AvgIpc) is 3.27. The molecule has 2 aromatic heterocycles. The van der Waals surface area contributed by atoms with Crippen LogP contribution < -0.4 is 20.3 Å². The Morgan fingerprint density at radius 1 is 1.10 bits per heavy atom. The summed E-state index contributed by atoms with van der Waals surface area (Å²) in [5.74, 6) is 1.12. The summed E-state index contributed by atoms with van der Waals surface area (Å²) >= 11 is 0. The molecule has 0 spiro atoms. The third kappa shape index (κ3) is 6.79. The number of amides is 1. The molecule has 4 aromatic rings. The molecule has 210 valence electrons. The van der Waals surface area contributed by atoms with Crippen LogP contribution in [-0.2, 0) is 11.8 Å². The first kappa shape index (κ1) is 28.6. The summed E-state index contributed by atoms with van der Waals surface area (Å²) in [7, 11) is 9.73. The molecule has 0 aliphatic rings. The number of carbonyl (C=O) groups excluding carboxylic acids is 1. The first-order chi connectivity index (χ1) is 19.2. The van der Waals surface area contributed by atoms with Gasteiger partial charge in [-0.3, -0.25) is 4.79 Å². The van der Waals surface area contributed by atoms with Gasteiger partial charge < -0.3 is 29.7 Å². The van der Waals surface area contributed by atoms with Crippen LogP contribution in [0.25, 0.3) is 22.2 Å². The van der Waals surface area contributed by atoms with Crippen LogP contribution in [0.2, 0.25) is 0 Å². The fourth-order valence-corrected chi connectivity index (χ4v) is 4.41. The van der Waals surface area contributed by atoms with E-state index in [1.807, 2.05) is 78.4 Å². The molecule has 4 rings (SSSR count). The maximum absolute atomic E-state index is 12.8. The van der Waals surface area contributed by atoms with E-state index >= 15 is 0 Å². The summed E-state index contributed by atoms with van der Waals surface area (Å²) in [6.45, 7) is 5.69. The number of para-hydroxylation sites is 1. The van der Waals surface area contributed by atoms with Crippen molar-refractivity contribution in [2.45, 2.75) is 13.8 Å².